The lowest BCUT2D eigenvalue weighted by Crippen LogP contribution is -2.21. The van der Waals surface area contributed by atoms with E-state index >= 15 is 0 Å². The molecule has 0 atom stereocenters. The molecule has 148 valence electrons. The highest BCUT2D eigenvalue weighted by Gasteiger charge is 2.10. The molecule has 28 heavy (non-hydrogen) atoms. The number of nitrogens with one attached hydrogen (secondary N) is 2. The van der Waals surface area contributed by atoms with E-state index in [1.165, 1.54) is 38.6 Å². The van der Waals surface area contributed by atoms with Gasteiger partial charge in [0.2, 0.25) is 11.8 Å². The van der Waals surface area contributed by atoms with Crippen LogP contribution < -0.4 is 20.2 Å². The molecule has 2 aromatic carbocycles. The van der Waals surface area contributed by atoms with Gasteiger partial charge in [-0.15, -0.1) is 0 Å². The molecule has 2 rings (SSSR count). The Kier molecular flexibility index (Phi) is 7.94. The van der Waals surface area contributed by atoms with Crippen LogP contribution in [0.15, 0.2) is 46.0 Å². The van der Waals surface area contributed by atoms with E-state index in [1.807, 2.05) is 0 Å². The number of hydrogen-bond acceptors (Lipinski definition) is 5. The van der Waals surface area contributed by atoms with Gasteiger partial charge in [0.15, 0.2) is 11.5 Å². The first-order valence-electron chi connectivity index (χ1n) is 8.22. The van der Waals surface area contributed by atoms with Crippen molar-refractivity contribution in [3.05, 3.63) is 52.3 Å². The summed E-state index contributed by atoms with van der Waals surface area (Å²) in [6, 6.07) is 9.22. The lowest BCUT2D eigenvalue weighted by molar-refractivity contribution is -0.124. The zero-order valence-corrected chi connectivity index (χ0v) is 16.9. The second-order valence-corrected chi connectivity index (χ2v) is 6.40. The Morgan fingerprint density at radius 2 is 1.75 bits per heavy atom. The molecule has 0 spiro atoms. The highest BCUT2D eigenvalue weighted by molar-refractivity contribution is 9.10. The van der Waals surface area contributed by atoms with Gasteiger partial charge in [0.1, 0.15) is 5.82 Å². The molecular formula is C19H19BrFN3O4. The number of ether oxygens (including phenoxy) is 2. The summed E-state index contributed by atoms with van der Waals surface area (Å²) in [4.78, 5) is 23.6. The van der Waals surface area contributed by atoms with E-state index in [4.69, 9.17) is 9.47 Å². The Balaban J connectivity index is 1.85. The Labute approximate surface area is 170 Å². The first-order valence-corrected chi connectivity index (χ1v) is 9.01. The summed E-state index contributed by atoms with van der Waals surface area (Å²) in [5.41, 5.74) is 3.07. The van der Waals surface area contributed by atoms with Crippen LogP contribution in [0.2, 0.25) is 0 Å². The van der Waals surface area contributed by atoms with Crippen LogP contribution in [0.1, 0.15) is 18.4 Å². The van der Waals surface area contributed by atoms with E-state index in [1.54, 1.807) is 18.2 Å². The van der Waals surface area contributed by atoms with Crippen LogP contribution >= 0.6 is 15.9 Å². The van der Waals surface area contributed by atoms with Gasteiger partial charge in [-0.2, -0.15) is 5.10 Å². The van der Waals surface area contributed by atoms with Crippen LogP contribution in [0.4, 0.5) is 10.1 Å². The Bertz CT molecular complexity index is 889. The standard InChI is InChI=1S/C19H19BrFN3O4/c1-27-16-9-12(13(20)10-17(16)28-2)11-22-24-19(26)8-7-18(25)23-15-6-4-3-5-14(15)21/h3-6,9-11H,7-8H2,1-2H3,(H,23,25)(H,24,26). The molecule has 0 unspecified atom stereocenters. The van der Waals surface area contributed by atoms with E-state index in [0.717, 1.165) is 0 Å². The lowest BCUT2D eigenvalue weighted by Gasteiger charge is -2.09. The van der Waals surface area contributed by atoms with E-state index in [0.29, 0.717) is 21.5 Å². The summed E-state index contributed by atoms with van der Waals surface area (Å²) in [5, 5.41) is 6.28. The van der Waals surface area contributed by atoms with Gasteiger partial charge in [-0.25, -0.2) is 9.82 Å². The van der Waals surface area contributed by atoms with Crippen molar-refractivity contribution in [2.24, 2.45) is 5.10 Å². The predicted octanol–water partition coefficient (Wildman–Crippen LogP) is 3.47. The van der Waals surface area contributed by atoms with Crippen LogP contribution in [0.3, 0.4) is 0 Å². The van der Waals surface area contributed by atoms with Crippen molar-refractivity contribution in [3.63, 3.8) is 0 Å². The molecule has 2 aromatic rings. The van der Waals surface area contributed by atoms with Gasteiger partial charge >= 0.3 is 0 Å². The lowest BCUT2D eigenvalue weighted by atomic mass is 10.2. The van der Waals surface area contributed by atoms with Gasteiger partial charge in [-0.05, 0) is 40.2 Å². The van der Waals surface area contributed by atoms with Crippen molar-refractivity contribution >= 4 is 39.6 Å². The molecule has 0 aliphatic heterocycles. The molecule has 2 amide bonds. The average Bonchev–Trinajstić information content (AvgIpc) is 2.69. The van der Waals surface area contributed by atoms with Crippen molar-refractivity contribution in [2.45, 2.75) is 12.8 Å². The monoisotopic (exact) mass is 451 g/mol. The number of hydrogen-bond donors (Lipinski definition) is 2. The minimum Gasteiger partial charge on any atom is -0.493 e. The van der Waals surface area contributed by atoms with Crippen molar-refractivity contribution in [3.8, 4) is 11.5 Å². The summed E-state index contributed by atoms with van der Waals surface area (Å²) in [6.45, 7) is 0. The number of benzene rings is 2. The Hall–Kier alpha value is -2.94. The number of nitrogens with zero attached hydrogens (tertiary/aromatic N) is 1. The number of amides is 2. The number of carbonyl (C=O) groups excluding carboxylic acids is 2. The van der Waals surface area contributed by atoms with Crippen molar-refractivity contribution in [2.75, 3.05) is 19.5 Å². The quantitative estimate of drug-likeness (QED) is 0.474. The van der Waals surface area contributed by atoms with Crippen LogP contribution in [0.5, 0.6) is 11.5 Å². The van der Waals surface area contributed by atoms with Crippen LogP contribution in [0, 0.1) is 5.82 Å². The molecule has 9 heteroatoms. The Morgan fingerprint density at radius 3 is 2.43 bits per heavy atom. The van der Waals surface area contributed by atoms with Gasteiger partial charge in [0, 0.05) is 22.9 Å². The third-order valence-corrected chi connectivity index (χ3v) is 4.31. The van der Waals surface area contributed by atoms with Crippen molar-refractivity contribution in [1.82, 2.24) is 5.43 Å². The van der Waals surface area contributed by atoms with Gasteiger partial charge in [-0.3, -0.25) is 9.59 Å². The largest absolute Gasteiger partial charge is 0.493 e. The molecule has 0 saturated heterocycles. The molecule has 0 heterocycles. The van der Waals surface area contributed by atoms with E-state index in [-0.39, 0.29) is 18.5 Å². The molecule has 0 aliphatic rings. The number of carbonyl (C=O) groups is 2. The third kappa shape index (κ3) is 6.05. The fraction of sp³-hybridized carbons (Fsp3) is 0.211. The number of halogens is 2. The molecule has 7 nitrogen and oxygen atoms in total. The van der Waals surface area contributed by atoms with Crippen LogP contribution in [-0.4, -0.2) is 32.2 Å². The number of methoxy groups -OCH3 is 2. The van der Waals surface area contributed by atoms with Gasteiger partial charge < -0.3 is 14.8 Å². The minimum atomic E-state index is -0.537. The molecule has 2 N–H and O–H groups in total. The molecule has 0 aliphatic carbocycles. The molecule has 0 radical (unpaired) electrons. The number of anilines is 1. The number of rotatable bonds is 8. The van der Waals surface area contributed by atoms with E-state index in [2.05, 4.69) is 31.8 Å². The molecule has 0 fully saturated rings. The fourth-order valence-electron chi connectivity index (χ4n) is 2.20. The first-order chi connectivity index (χ1) is 13.4. The zero-order valence-electron chi connectivity index (χ0n) is 15.3. The first kappa shape index (κ1) is 21.4. The maximum absolute atomic E-state index is 13.5. The summed E-state index contributed by atoms with van der Waals surface area (Å²) < 4.78 is 24.6. The van der Waals surface area contributed by atoms with Gasteiger partial charge in [0.25, 0.3) is 0 Å². The smallest absolute Gasteiger partial charge is 0.240 e. The summed E-state index contributed by atoms with van der Waals surface area (Å²) in [6.07, 6.45) is 1.24. The predicted molar refractivity (Wildman–Crippen MR) is 107 cm³/mol. The summed E-state index contributed by atoms with van der Waals surface area (Å²) in [7, 11) is 3.04. The van der Waals surface area contributed by atoms with Crippen LogP contribution in [0.25, 0.3) is 0 Å². The van der Waals surface area contributed by atoms with Gasteiger partial charge in [0.05, 0.1) is 26.1 Å². The summed E-state index contributed by atoms with van der Waals surface area (Å²) in [5.74, 6) is -0.381. The van der Waals surface area contributed by atoms with E-state index < -0.39 is 17.6 Å². The van der Waals surface area contributed by atoms with Crippen molar-refractivity contribution in [1.29, 1.82) is 0 Å². The molecular weight excluding hydrogens is 433 g/mol. The molecule has 0 bridgehead atoms. The second kappa shape index (κ2) is 10.4. The topological polar surface area (TPSA) is 89.0 Å². The number of para-hydroxylation sites is 1. The Morgan fingerprint density at radius 1 is 1.11 bits per heavy atom. The number of hydrazone groups is 1. The van der Waals surface area contributed by atoms with Crippen LogP contribution in [-0.2, 0) is 9.59 Å². The summed E-state index contributed by atoms with van der Waals surface area (Å²) >= 11 is 3.38. The average molecular weight is 452 g/mol. The minimum absolute atomic E-state index is 0.0734. The molecule has 0 saturated carbocycles. The second-order valence-electron chi connectivity index (χ2n) is 5.55. The molecule has 0 aromatic heterocycles. The van der Waals surface area contributed by atoms with Gasteiger partial charge in [-0.1, -0.05) is 12.1 Å². The maximum atomic E-state index is 13.5. The maximum Gasteiger partial charge on any atom is 0.240 e. The third-order valence-electron chi connectivity index (χ3n) is 3.62. The SMILES string of the molecule is COc1cc(Br)c(C=NNC(=O)CCC(=O)Nc2ccccc2F)cc1OC. The van der Waals surface area contributed by atoms with E-state index in [9.17, 15) is 14.0 Å². The highest BCUT2D eigenvalue weighted by atomic mass is 79.9. The highest BCUT2D eigenvalue weighted by Crippen LogP contribution is 2.32. The normalized spacial score (nSPS) is 10.6. The fourth-order valence-corrected chi connectivity index (χ4v) is 2.63. The van der Waals surface area contributed by atoms with Crippen molar-refractivity contribution < 1.29 is 23.5 Å². The zero-order chi connectivity index (χ0) is 20.5.